The van der Waals surface area contributed by atoms with Crippen LogP contribution in [-0.4, -0.2) is 59.6 Å². The first-order chi connectivity index (χ1) is 9.16. The van der Waals surface area contributed by atoms with Gasteiger partial charge < -0.3 is 10.0 Å². The molecule has 3 aliphatic rings. The third-order valence-electron chi connectivity index (χ3n) is 5.57. The number of hydrogen-bond donors (Lipinski definition) is 1. The summed E-state index contributed by atoms with van der Waals surface area (Å²) in [6.45, 7) is 3.31. The van der Waals surface area contributed by atoms with Crippen molar-refractivity contribution in [2.24, 2.45) is 11.8 Å². The fourth-order valence-electron chi connectivity index (χ4n) is 4.59. The van der Waals surface area contributed by atoms with E-state index in [2.05, 4.69) is 16.8 Å². The molecule has 0 amide bonds. The summed E-state index contributed by atoms with van der Waals surface area (Å²) >= 11 is 0. The zero-order chi connectivity index (χ0) is 13.4. The van der Waals surface area contributed by atoms with Crippen molar-refractivity contribution in [1.82, 2.24) is 9.80 Å². The van der Waals surface area contributed by atoms with Gasteiger partial charge in [0.25, 0.3) is 0 Å². The Kier molecular flexibility index (Phi) is 3.81. The summed E-state index contributed by atoms with van der Waals surface area (Å²) in [5.41, 5.74) is 0. The topological polar surface area (TPSA) is 43.8 Å². The van der Waals surface area contributed by atoms with Crippen molar-refractivity contribution in [3.05, 3.63) is 0 Å². The Hall–Kier alpha value is -0.610. The molecule has 4 atom stereocenters. The zero-order valence-electron chi connectivity index (χ0n) is 11.9. The second kappa shape index (κ2) is 5.41. The highest BCUT2D eigenvalue weighted by Crippen LogP contribution is 2.44. The molecule has 2 aliphatic heterocycles. The van der Waals surface area contributed by atoms with Crippen LogP contribution in [0.25, 0.3) is 0 Å². The number of likely N-dealkylation sites (tertiary alicyclic amines) is 2. The van der Waals surface area contributed by atoms with E-state index in [0.717, 1.165) is 32.5 Å². The van der Waals surface area contributed by atoms with E-state index in [-0.39, 0.29) is 6.04 Å². The largest absolute Gasteiger partial charge is 0.480 e. The van der Waals surface area contributed by atoms with Crippen LogP contribution in [0.5, 0.6) is 0 Å². The molecule has 3 rings (SSSR count). The Labute approximate surface area is 115 Å². The summed E-state index contributed by atoms with van der Waals surface area (Å²) < 4.78 is 0. The minimum absolute atomic E-state index is 0.194. The molecule has 0 aromatic carbocycles. The van der Waals surface area contributed by atoms with Crippen LogP contribution < -0.4 is 0 Å². The molecule has 1 N–H and O–H groups in total. The van der Waals surface area contributed by atoms with Crippen LogP contribution in [0.1, 0.15) is 38.5 Å². The first kappa shape index (κ1) is 13.4. The molecule has 1 saturated carbocycles. The van der Waals surface area contributed by atoms with Crippen LogP contribution in [0, 0.1) is 11.8 Å². The van der Waals surface area contributed by atoms with E-state index in [1.807, 2.05) is 0 Å². The maximum absolute atomic E-state index is 11.7. The molecule has 108 valence electrons. The maximum atomic E-state index is 11.7. The van der Waals surface area contributed by atoms with Crippen molar-refractivity contribution >= 4 is 5.97 Å². The van der Waals surface area contributed by atoms with E-state index in [4.69, 9.17) is 0 Å². The van der Waals surface area contributed by atoms with E-state index in [1.165, 1.54) is 25.7 Å². The van der Waals surface area contributed by atoms with E-state index < -0.39 is 5.97 Å². The van der Waals surface area contributed by atoms with Crippen LogP contribution >= 0.6 is 0 Å². The van der Waals surface area contributed by atoms with Gasteiger partial charge in [-0.15, -0.1) is 0 Å². The molecule has 2 saturated heterocycles. The van der Waals surface area contributed by atoms with Gasteiger partial charge in [0.15, 0.2) is 0 Å². The van der Waals surface area contributed by atoms with E-state index in [0.29, 0.717) is 17.9 Å². The van der Waals surface area contributed by atoms with Gasteiger partial charge in [0.1, 0.15) is 6.04 Å². The first-order valence-corrected chi connectivity index (χ1v) is 7.84. The quantitative estimate of drug-likeness (QED) is 0.825. The van der Waals surface area contributed by atoms with Crippen molar-refractivity contribution in [3.8, 4) is 0 Å². The minimum Gasteiger partial charge on any atom is -0.480 e. The number of carbonyl (C=O) groups is 1. The fourth-order valence-corrected chi connectivity index (χ4v) is 4.59. The summed E-state index contributed by atoms with van der Waals surface area (Å²) in [5, 5.41) is 9.63. The molecule has 4 nitrogen and oxygen atoms in total. The smallest absolute Gasteiger partial charge is 0.321 e. The van der Waals surface area contributed by atoms with Crippen molar-refractivity contribution in [2.75, 3.05) is 26.7 Å². The van der Waals surface area contributed by atoms with E-state index in [1.54, 1.807) is 0 Å². The minimum atomic E-state index is -0.577. The SMILES string of the molecule is CN1CCCC(N2CC3CCCC3C2C(=O)O)CC1. The average molecular weight is 266 g/mol. The summed E-state index contributed by atoms with van der Waals surface area (Å²) in [7, 11) is 2.18. The highest BCUT2D eigenvalue weighted by molar-refractivity contribution is 5.74. The summed E-state index contributed by atoms with van der Waals surface area (Å²) in [6.07, 6.45) is 7.13. The zero-order valence-corrected chi connectivity index (χ0v) is 11.9. The summed E-state index contributed by atoms with van der Waals surface area (Å²) in [4.78, 5) is 16.4. The lowest BCUT2D eigenvalue weighted by Gasteiger charge is -2.32. The molecule has 0 radical (unpaired) electrons. The van der Waals surface area contributed by atoms with E-state index >= 15 is 0 Å². The molecule has 4 heteroatoms. The Morgan fingerprint density at radius 2 is 1.95 bits per heavy atom. The fraction of sp³-hybridized carbons (Fsp3) is 0.933. The van der Waals surface area contributed by atoms with Crippen LogP contribution in [0.4, 0.5) is 0 Å². The second-order valence-corrected chi connectivity index (χ2v) is 6.72. The first-order valence-electron chi connectivity index (χ1n) is 7.84. The van der Waals surface area contributed by atoms with Crippen molar-refractivity contribution in [3.63, 3.8) is 0 Å². The molecule has 2 heterocycles. The lowest BCUT2D eigenvalue weighted by atomic mass is 9.94. The van der Waals surface area contributed by atoms with Gasteiger partial charge in [-0.05, 0) is 64.1 Å². The van der Waals surface area contributed by atoms with Gasteiger partial charge in [-0.25, -0.2) is 0 Å². The molecule has 19 heavy (non-hydrogen) atoms. The summed E-state index contributed by atoms with van der Waals surface area (Å²) in [5.74, 6) is 0.507. The predicted octanol–water partition coefficient (Wildman–Crippen LogP) is 1.66. The molecular weight excluding hydrogens is 240 g/mol. The normalized spacial score (nSPS) is 41.1. The number of nitrogens with zero attached hydrogens (tertiary/aromatic N) is 2. The van der Waals surface area contributed by atoms with Crippen LogP contribution in [0.15, 0.2) is 0 Å². The molecule has 3 fully saturated rings. The highest BCUT2D eigenvalue weighted by atomic mass is 16.4. The van der Waals surface area contributed by atoms with Crippen molar-refractivity contribution in [1.29, 1.82) is 0 Å². The van der Waals surface area contributed by atoms with Gasteiger partial charge in [-0.3, -0.25) is 9.69 Å². The average Bonchev–Trinajstić information content (AvgIpc) is 2.86. The molecule has 4 unspecified atom stereocenters. The van der Waals surface area contributed by atoms with Crippen LogP contribution in [-0.2, 0) is 4.79 Å². The number of carboxylic acids is 1. The number of rotatable bonds is 2. The third-order valence-corrected chi connectivity index (χ3v) is 5.57. The second-order valence-electron chi connectivity index (χ2n) is 6.72. The molecule has 0 aromatic rings. The van der Waals surface area contributed by atoms with Gasteiger partial charge >= 0.3 is 5.97 Å². The van der Waals surface area contributed by atoms with Gasteiger partial charge in [-0.2, -0.15) is 0 Å². The lowest BCUT2D eigenvalue weighted by molar-refractivity contribution is -0.144. The Balaban J connectivity index is 1.73. The van der Waals surface area contributed by atoms with Crippen LogP contribution in [0.3, 0.4) is 0 Å². The molecule has 0 aromatic heterocycles. The Bertz CT molecular complexity index is 347. The van der Waals surface area contributed by atoms with Gasteiger partial charge in [0, 0.05) is 12.6 Å². The summed E-state index contributed by atoms with van der Waals surface area (Å²) in [6, 6.07) is 0.303. The number of carboxylic acid groups (broad SMARTS) is 1. The highest BCUT2D eigenvalue weighted by Gasteiger charge is 2.49. The standard InChI is InChI=1S/C15H26N2O2/c1-16-8-3-5-12(7-9-16)17-10-11-4-2-6-13(11)14(17)15(18)19/h11-14H,2-10H2,1H3,(H,18,19). The van der Waals surface area contributed by atoms with Gasteiger partial charge in [0.05, 0.1) is 0 Å². The van der Waals surface area contributed by atoms with Crippen molar-refractivity contribution < 1.29 is 9.90 Å². The molecule has 1 aliphatic carbocycles. The van der Waals surface area contributed by atoms with Crippen molar-refractivity contribution in [2.45, 2.75) is 50.6 Å². The molecular formula is C15H26N2O2. The van der Waals surface area contributed by atoms with Gasteiger partial charge in [-0.1, -0.05) is 6.42 Å². The number of fused-ring (bicyclic) bond motifs is 1. The van der Waals surface area contributed by atoms with Gasteiger partial charge in [0.2, 0.25) is 0 Å². The molecule has 0 spiro atoms. The third kappa shape index (κ3) is 2.52. The predicted molar refractivity (Wildman–Crippen MR) is 74.1 cm³/mol. The van der Waals surface area contributed by atoms with Crippen LogP contribution in [0.2, 0.25) is 0 Å². The van der Waals surface area contributed by atoms with E-state index in [9.17, 15) is 9.90 Å². The monoisotopic (exact) mass is 266 g/mol. The number of hydrogen-bond acceptors (Lipinski definition) is 3. The maximum Gasteiger partial charge on any atom is 0.321 e. The Morgan fingerprint density at radius 1 is 1.11 bits per heavy atom. The lowest BCUT2D eigenvalue weighted by Crippen LogP contribution is -2.46. The Morgan fingerprint density at radius 3 is 2.74 bits per heavy atom. The number of aliphatic carboxylic acids is 1. The molecule has 0 bridgehead atoms.